The molecule has 1 unspecified atom stereocenters. The van der Waals surface area contributed by atoms with Crippen LogP contribution >= 0.6 is 11.6 Å². The highest BCUT2D eigenvalue weighted by Gasteiger charge is 2.24. The second kappa shape index (κ2) is 6.26. The standard InChI is InChI=1S/C14H19ClN2O2/c1-17(14(18)10-3-2-6-19-9-10)8-11-7-12(16)4-5-13(11)15/h4-5,7,10H,2-3,6,8-9,16H2,1H3. The molecule has 4 nitrogen and oxygen atoms in total. The van der Waals surface area contributed by atoms with Crippen LogP contribution in [0, 0.1) is 5.92 Å². The van der Waals surface area contributed by atoms with Gasteiger partial charge in [-0.1, -0.05) is 11.6 Å². The third kappa shape index (κ3) is 3.61. The van der Waals surface area contributed by atoms with Gasteiger partial charge in [0.2, 0.25) is 5.91 Å². The molecule has 2 N–H and O–H groups in total. The lowest BCUT2D eigenvalue weighted by Crippen LogP contribution is -2.36. The highest BCUT2D eigenvalue weighted by atomic mass is 35.5. The summed E-state index contributed by atoms with van der Waals surface area (Å²) in [6, 6.07) is 5.32. The van der Waals surface area contributed by atoms with Gasteiger partial charge in [-0.2, -0.15) is 0 Å². The van der Waals surface area contributed by atoms with Crippen molar-refractivity contribution in [1.29, 1.82) is 0 Å². The molecule has 1 aliphatic rings. The monoisotopic (exact) mass is 282 g/mol. The fourth-order valence-electron chi connectivity index (χ4n) is 2.30. The van der Waals surface area contributed by atoms with Crippen LogP contribution in [0.4, 0.5) is 5.69 Å². The van der Waals surface area contributed by atoms with Gasteiger partial charge >= 0.3 is 0 Å². The van der Waals surface area contributed by atoms with Gasteiger partial charge in [-0.15, -0.1) is 0 Å². The molecule has 1 atom stereocenters. The Morgan fingerprint density at radius 1 is 1.58 bits per heavy atom. The first-order chi connectivity index (χ1) is 9.08. The topological polar surface area (TPSA) is 55.6 Å². The van der Waals surface area contributed by atoms with Crippen LogP contribution in [-0.4, -0.2) is 31.1 Å². The molecule has 1 heterocycles. The Morgan fingerprint density at radius 3 is 3.05 bits per heavy atom. The third-order valence-electron chi connectivity index (χ3n) is 3.36. The zero-order chi connectivity index (χ0) is 13.8. The van der Waals surface area contributed by atoms with Crippen LogP contribution in [0.5, 0.6) is 0 Å². The molecule has 0 bridgehead atoms. The van der Waals surface area contributed by atoms with Gasteiger partial charge < -0.3 is 15.4 Å². The van der Waals surface area contributed by atoms with Crippen LogP contribution in [0.3, 0.4) is 0 Å². The molecule has 19 heavy (non-hydrogen) atoms. The number of anilines is 1. The molecule has 104 valence electrons. The van der Waals surface area contributed by atoms with E-state index in [1.54, 1.807) is 24.1 Å². The SMILES string of the molecule is CN(Cc1cc(N)ccc1Cl)C(=O)C1CCCOC1. The van der Waals surface area contributed by atoms with Crippen molar-refractivity contribution in [3.8, 4) is 0 Å². The lowest BCUT2D eigenvalue weighted by atomic mass is 10.0. The van der Waals surface area contributed by atoms with E-state index in [0.29, 0.717) is 23.9 Å². The summed E-state index contributed by atoms with van der Waals surface area (Å²) < 4.78 is 5.35. The maximum atomic E-state index is 12.3. The number of nitrogen functional groups attached to an aromatic ring is 1. The van der Waals surface area contributed by atoms with Gasteiger partial charge in [0.25, 0.3) is 0 Å². The minimum Gasteiger partial charge on any atom is -0.399 e. The van der Waals surface area contributed by atoms with E-state index < -0.39 is 0 Å². The molecule has 0 radical (unpaired) electrons. The number of hydrogen-bond acceptors (Lipinski definition) is 3. The second-order valence-corrected chi connectivity index (χ2v) is 5.37. The average molecular weight is 283 g/mol. The average Bonchev–Trinajstić information content (AvgIpc) is 2.43. The second-order valence-electron chi connectivity index (χ2n) is 4.96. The number of ether oxygens (including phenoxy) is 1. The minimum absolute atomic E-state index is 0.0291. The van der Waals surface area contributed by atoms with Gasteiger partial charge in [0, 0.05) is 30.9 Å². The molecule has 1 fully saturated rings. The molecule has 2 rings (SSSR count). The molecule has 0 aliphatic carbocycles. The zero-order valence-electron chi connectivity index (χ0n) is 11.1. The van der Waals surface area contributed by atoms with Crippen molar-refractivity contribution >= 4 is 23.2 Å². The summed E-state index contributed by atoms with van der Waals surface area (Å²) in [6.07, 6.45) is 1.84. The normalized spacial score (nSPS) is 19.2. The fourth-order valence-corrected chi connectivity index (χ4v) is 2.47. The Kier molecular flexibility index (Phi) is 4.66. The van der Waals surface area contributed by atoms with Crippen LogP contribution in [0.2, 0.25) is 5.02 Å². The molecule has 1 aromatic carbocycles. The number of benzene rings is 1. The maximum Gasteiger partial charge on any atom is 0.228 e. The summed E-state index contributed by atoms with van der Waals surface area (Å²) in [7, 11) is 1.79. The zero-order valence-corrected chi connectivity index (χ0v) is 11.8. The third-order valence-corrected chi connectivity index (χ3v) is 3.73. The summed E-state index contributed by atoms with van der Waals surface area (Å²) in [5.41, 5.74) is 7.26. The van der Waals surface area contributed by atoms with Crippen molar-refractivity contribution in [3.05, 3.63) is 28.8 Å². The molecule has 1 aliphatic heterocycles. The van der Waals surface area contributed by atoms with Gasteiger partial charge in [-0.25, -0.2) is 0 Å². The van der Waals surface area contributed by atoms with Crippen molar-refractivity contribution in [1.82, 2.24) is 4.90 Å². The van der Waals surface area contributed by atoms with Crippen molar-refractivity contribution in [2.45, 2.75) is 19.4 Å². The van der Waals surface area contributed by atoms with Gasteiger partial charge in [0.15, 0.2) is 0 Å². The van der Waals surface area contributed by atoms with E-state index in [1.807, 2.05) is 6.07 Å². The first-order valence-electron chi connectivity index (χ1n) is 6.44. The molecule has 1 aromatic rings. The fraction of sp³-hybridized carbons (Fsp3) is 0.500. The molecular formula is C14H19ClN2O2. The molecule has 1 saturated heterocycles. The molecule has 5 heteroatoms. The molecule has 1 amide bonds. The van der Waals surface area contributed by atoms with E-state index in [4.69, 9.17) is 22.1 Å². The Bertz CT molecular complexity index is 459. The summed E-state index contributed by atoms with van der Waals surface area (Å²) in [4.78, 5) is 14.0. The minimum atomic E-state index is -0.0291. The largest absolute Gasteiger partial charge is 0.399 e. The van der Waals surface area contributed by atoms with Crippen molar-refractivity contribution in [2.24, 2.45) is 5.92 Å². The number of halogens is 1. The predicted octanol–water partition coefficient (Wildman–Crippen LogP) is 2.31. The van der Waals surface area contributed by atoms with Gasteiger partial charge in [-0.3, -0.25) is 4.79 Å². The number of nitrogens with two attached hydrogens (primary N) is 1. The van der Waals surface area contributed by atoms with E-state index in [2.05, 4.69) is 0 Å². The van der Waals surface area contributed by atoms with E-state index in [0.717, 1.165) is 25.0 Å². The Hall–Kier alpha value is -1.26. The van der Waals surface area contributed by atoms with E-state index >= 15 is 0 Å². The lowest BCUT2D eigenvalue weighted by Gasteiger charge is -2.26. The summed E-state index contributed by atoms with van der Waals surface area (Å²) in [5, 5.41) is 0.633. The summed E-state index contributed by atoms with van der Waals surface area (Å²) in [6.45, 7) is 1.75. The Balaban J connectivity index is 2.01. The Labute approximate surface area is 118 Å². The van der Waals surface area contributed by atoms with Crippen LogP contribution in [0.1, 0.15) is 18.4 Å². The van der Waals surface area contributed by atoms with E-state index in [1.165, 1.54) is 0 Å². The summed E-state index contributed by atoms with van der Waals surface area (Å²) >= 11 is 6.11. The molecule has 0 spiro atoms. The highest BCUT2D eigenvalue weighted by Crippen LogP contribution is 2.22. The number of carbonyl (C=O) groups is 1. The quantitative estimate of drug-likeness (QED) is 0.866. The number of rotatable bonds is 3. The number of amides is 1. The van der Waals surface area contributed by atoms with Crippen molar-refractivity contribution in [2.75, 3.05) is 26.0 Å². The van der Waals surface area contributed by atoms with Crippen LogP contribution in [-0.2, 0) is 16.1 Å². The number of carbonyl (C=O) groups excluding carboxylic acids is 1. The predicted molar refractivity (Wildman–Crippen MR) is 75.9 cm³/mol. The maximum absolute atomic E-state index is 12.3. The molecule has 0 aromatic heterocycles. The van der Waals surface area contributed by atoms with Gasteiger partial charge in [0.05, 0.1) is 12.5 Å². The van der Waals surface area contributed by atoms with Gasteiger partial charge in [-0.05, 0) is 36.6 Å². The summed E-state index contributed by atoms with van der Waals surface area (Å²) in [5.74, 6) is 0.0803. The first kappa shape index (κ1) is 14.2. The van der Waals surface area contributed by atoms with Crippen LogP contribution < -0.4 is 5.73 Å². The molecule has 0 saturated carbocycles. The first-order valence-corrected chi connectivity index (χ1v) is 6.82. The van der Waals surface area contributed by atoms with Crippen LogP contribution in [0.15, 0.2) is 18.2 Å². The number of nitrogens with zero attached hydrogens (tertiary/aromatic N) is 1. The molecular weight excluding hydrogens is 264 g/mol. The Morgan fingerprint density at radius 2 is 2.37 bits per heavy atom. The van der Waals surface area contributed by atoms with E-state index in [-0.39, 0.29) is 11.8 Å². The van der Waals surface area contributed by atoms with E-state index in [9.17, 15) is 4.79 Å². The van der Waals surface area contributed by atoms with Crippen LogP contribution in [0.25, 0.3) is 0 Å². The highest BCUT2D eigenvalue weighted by molar-refractivity contribution is 6.31. The van der Waals surface area contributed by atoms with Crippen molar-refractivity contribution in [3.63, 3.8) is 0 Å². The smallest absolute Gasteiger partial charge is 0.228 e. The lowest BCUT2D eigenvalue weighted by molar-refractivity contribution is -0.138. The van der Waals surface area contributed by atoms with Crippen molar-refractivity contribution < 1.29 is 9.53 Å². The number of hydrogen-bond donors (Lipinski definition) is 1. The van der Waals surface area contributed by atoms with Gasteiger partial charge in [0.1, 0.15) is 0 Å².